The molecular weight excluding hydrogens is 305 g/mol. The van der Waals surface area contributed by atoms with E-state index in [0.29, 0.717) is 23.3 Å². The first-order valence-electron chi connectivity index (χ1n) is 7.75. The predicted octanol–water partition coefficient (Wildman–Crippen LogP) is 4.05. The molecule has 0 aromatic heterocycles. The molecule has 0 unspecified atom stereocenters. The molecule has 1 aromatic carbocycles. The summed E-state index contributed by atoms with van der Waals surface area (Å²) < 4.78 is 38.9. The van der Waals surface area contributed by atoms with E-state index in [1.807, 2.05) is 6.07 Å². The fourth-order valence-electron chi connectivity index (χ4n) is 3.12. The third kappa shape index (κ3) is 4.47. The third-order valence-corrected chi connectivity index (χ3v) is 4.26. The molecule has 1 amide bonds. The van der Waals surface area contributed by atoms with Crippen molar-refractivity contribution in [2.45, 2.75) is 50.9 Å². The first kappa shape index (κ1) is 17.3. The Morgan fingerprint density at radius 3 is 2.35 bits per heavy atom. The van der Waals surface area contributed by atoms with E-state index in [1.165, 1.54) is 0 Å². The summed E-state index contributed by atoms with van der Waals surface area (Å²) in [6, 6.07) is 9.39. The van der Waals surface area contributed by atoms with E-state index >= 15 is 0 Å². The lowest BCUT2D eigenvalue weighted by molar-refractivity contribution is -0.188. The van der Waals surface area contributed by atoms with Crippen LogP contribution in [-0.2, 0) is 11.3 Å². The first-order chi connectivity index (χ1) is 10.9. The van der Waals surface area contributed by atoms with Gasteiger partial charge in [0.05, 0.1) is 6.07 Å². The molecule has 124 valence electrons. The summed E-state index contributed by atoms with van der Waals surface area (Å²) in [5.41, 5.74) is 0.584. The van der Waals surface area contributed by atoms with Gasteiger partial charge in [0.25, 0.3) is 0 Å². The lowest BCUT2D eigenvalue weighted by Crippen LogP contribution is -2.49. The van der Waals surface area contributed by atoms with E-state index in [9.17, 15) is 23.2 Å². The predicted molar refractivity (Wildman–Crippen MR) is 79.0 cm³/mol. The molecule has 1 aliphatic carbocycles. The summed E-state index contributed by atoms with van der Waals surface area (Å²) in [5.74, 6) is -2.12. The lowest BCUT2D eigenvalue weighted by Gasteiger charge is -2.35. The second-order valence-corrected chi connectivity index (χ2v) is 5.89. The van der Waals surface area contributed by atoms with Crippen LogP contribution < -0.4 is 0 Å². The SMILES string of the molecule is N#C[C@@H](C1CCCCC1)N(Cc1ccccc1)C(=O)C(F)(F)F. The third-order valence-electron chi connectivity index (χ3n) is 4.26. The van der Waals surface area contributed by atoms with E-state index < -0.39 is 18.1 Å². The topological polar surface area (TPSA) is 44.1 Å². The van der Waals surface area contributed by atoms with E-state index in [4.69, 9.17) is 0 Å². The zero-order valence-corrected chi connectivity index (χ0v) is 12.7. The largest absolute Gasteiger partial charge is 0.471 e. The van der Waals surface area contributed by atoms with Crippen molar-refractivity contribution in [1.29, 1.82) is 5.26 Å². The van der Waals surface area contributed by atoms with Crippen LogP contribution in [0.3, 0.4) is 0 Å². The maximum absolute atomic E-state index is 13.0. The number of nitriles is 1. The zero-order valence-electron chi connectivity index (χ0n) is 12.7. The number of halogens is 3. The van der Waals surface area contributed by atoms with Crippen LogP contribution in [0.25, 0.3) is 0 Å². The Morgan fingerprint density at radius 2 is 1.83 bits per heavy atom. The molecule has 0 saturated heterocycles. The number of amides is 1. The molecule has 3 nitrogen and oxygen atoms in total. The van der Waals surface area contributed by atoms with E-state index in [-0.39, 0.29) is 12.5 Å². The second kappa shape index (κ2) is 7.49. The highest BCUT2D eigenvalue weighted by Crippen LogP contribution is 2.31. The maximum Gasteiger partial charge on any atom is 0.471 e. The van der Waals surface area contributed by atoms with Gasteiger partial charge in [0.15, 0.2) is 0 Å². The first-order valence-corrected chi connectivity index (χ1v) is 7.75. The maximum atomic E-state index is 13.0. The molecule has 23 heavy (non-hydrogen) atoms. The van der Waals surface area contributed by atoms with Crippen LogP contribution in [0.1, 0.15) is 37.7 Å². The molecule has 0 bridgehead atoms. The van der Waals surface area contributed by atoms with Crippen molar-refractivity contribution in [1.82, 2.24) is 4.90 Å². The molecular formula is C17H19F3N2O. The highest BCUT2D eigenvalue weighted by atomic mass is 19.4. The van der Waals surface area contributed by atoms with Gasteiger partial charge in [-0.15, -0.1) is 0 Å². The molecule has 1 aliphatic rings. The minimum absolute atomic E-state index is 0.191. The zero-order chi connectivity index (χ0) is 16.9. The highest BCUT2D eigenvalue weighted by molar-refractivity contribution is 5.82. The van der Waals surface area contributed by atoms with Gasteiger partial charge in [-0.3, -0.25) is 4.79 Å². The molecule has 6 heteroatoms. The monoisotopic (exact) mass is 324 g/mol. The number of rotatable bonds is 4. The number of alkyl halides is 3. The molecule has 0 heterocycles. The Balaban J connectivity index is 2.27. The van der Waals surface area contributed by atoms with Crippen molar-refractivity contribution >= 4 is 5.91 Å². The minimum Gasteiger partial charge on any atom is -0.314 e. The number of nitrogens with zero attached hydrogens (tertiary/aromatic N) is 2. The Morgan fingerprint density at radius 1 is 1.22 bits per heavy atom. The van der Waals surface area contributed by atoms with Gasteiger partial charge in [-0.05, 0) is 24.3 Å². The van der Waals surface area contributed by atoms with Crippen molar-refractivity contribution < 1.29 is 18.0 Å². The second-order valence-electron chi connectivity index (χ2n) is 5.89. The molecule has 0 aliphatic heterocycles. The van der Waals surface area contributed by atoms with Crippen LogP contribution in [0.4, 0.5) is 13.2 Å². The molecule has 1 aromatic rings. The van der Waals surface area contributed by atoms with Crippen molar-refractivity contribution in [2.24, 2.45) is 5.92 Å². The van der Waals surface area contributed by atoms with E-state index in [0.717, 1.165) is 19.3 Å². The summed E-state index contributed by atoms with van der Waals surface area (Å²) >= 11 is 0. The number of benzene rings is 1. The Kier molecular flexibility index (Phi) is 5.64. The highest BCUT2D eigenvalue weighted by Gasteiger charge is 2.46. The Hall–Kier alpha value is -2.03. The smallest absolute Gasteiger partial charge is 0.314 e. The fraction of sp³-hybridized carbons (Fsp3) is 0.529. The van der Waals surface area contributed by atoms with Gasteiger partial charge in [0.2, 0.25) is 0 Å². The average molecular weight is 324 g/mol. The number of carbonyl (C=O) groups excluding carboxylic acids is 1. The van der Waals surface area contributed by atoms with Crippen molar-refractivity contribution in [3.63, 3.8) is 0 Å². The molecule has 0 radical (unpaired) electrons. The Bertz CT molecular complexity index is 559. The van der Waals surface area contributed by atoms with Gasteiger partial charge in [-0.2, -0.15) is 18.4 Å². The molecule has 1 saturated carbocycles. The summed E-state index contributed by atoms with van der Waals surface area (Å²) in [6.07, 6.45) is -0.785. The van der Waals surface area contributed by atoms with Crippen LogP contribution in [0.2, 0.25) is 0 Å². The molecule has 0 spiro atoms. The lowest BCUT2D eigenvalue weighted by atomic mass is 9.83. The van der Waals surface area contributed by atoms with Crippen LogP contribution in [0, 0.1) is 17.2 Å². The summed E-state index contributed by atoms with van der Waals surface area (Å²) in [6.45, 7) is -0.200. The van der Waals surface area contributed by atoms with Gasteiger partial charge < -0.3 is 4.90 Å². The van der Waals surface area contributed by atoms with Gasteiger partial charge in [-0.1, -0.05) is 49.6 Å². The number of hydrogen-bond acceptors (Lipinski definition) is 2. The van der Waals surface area contributed by atoms with Crippen molar-refractivity contribution in [2.75, 3.05) is 0 Å². The fourth-order valence-corrected chi connectivity index (χ4v) is 3.12. The number of carbonyl (C=O) groups is 1. The van der Waals surface area contributed by atoms with E-state index in [1.54, 1.807) is 30.3 Å². The average Bonchev–Trinajstić information content (AvgIpc) is 2.55. The summed E-state index contributed by atoms with van der Waals surface area (Å²) in [7, 11) is 0. The molecule has 2 rings (SSSR count). The molecule has 1 fully saturated rings. The minimum atomic E-state index is -4.97. The van der Waals surface area contributed by atoms with Crippen LogP contribution >= 0.6 is 0 Å². The van der Waals surface area contributed by atoms with Crippen LogP contribution in [-0.4, -0.2) is 23.0 Å². The van der Waals surface area contributed by atoms with Gasteiger partial charge in [0, 0.05) is 6.54 Å². The van der Waals surface area contributed by atoms with Crippen LogP contribution in [0.5, 0.6) is 0 Å². The summed E-state index contributed by atoms with van der Waals surface area (Å²) in [4.78, 5) is 12.6. The Labute approximate surface area is 133 Å². The van der Waals surface area contributed by atoms with Gasteiger partial charge in [0.1, 0.15) is 6.04 Å². The standard InChI is InChI=1S/C17H19F3N2O/c18-17(19,20)16(23)22(12-13-7-3-1-4-8-13)15(11-21)14-9-5-2-6-10-14/h1,3-4,7-8,14-15H,2,5-6,9-10,12H2/t15-/m0/s1. The van der Waals surface area contributed by atoms with Gasteiger partial charge >= 0.3 is 12.1 Å². The summed E-state index contributed by atoms with van der Waals surface area (Å²) in [5, 5.41) is 9.43. The number of hydrogen-bond donors (Lipinski definition) is 0. The normalized spacial score (nSPS) is 17.3. The van der Waals surface area contributed by atoms with Gasteiger partial charge in [-0.25, -0.2) is 0 Å². The molecule has 0 N–H and O–H groups in total. The van der Waals surface area contributed by atoms with Crippen molar-refractivity contribution in [3.05, 3.63) is 35.9 Å². The molecule has 1 atom stereocenters. The van der Waals surface area contributed by atoms with Crippen LogP contribution in [0.15, 0.2) is 30.3 Å². The van der Waals surface area contributed by atoms with E-state index in [2.05, 4.69) is 0 Å². The van der Waals surface area contributed by atoms with Crippen molar-refractivity contribution in [3.8, 4) is 6.07 Å². The quantitative estimate of drug-likeness (QED) is 0.838.